The van der Waals surface area contributed by atoms with Gasteiger partial charge in [0.2, 0.25) is 0 Å². The summed E-state index contributed by atoms with van der Waals surface area (Å²) < 4.78 is 0. The molecular formula is C18H36N4. The predicted molar refractivity (Wildman–Crippen MR) is 93.2 cm³/mol. The fraction of sp³-hybridized carbons (Fsp3) is 1.00. The number of nitrogens with zero attached hydrogens (tertiary/aromatic N) is 4. The maximum Gasteiger partial charge on any atom is 0.0506 e. The number of hydrogen-bond donors (Lipinski definition) is 0. The smallest absolute Gasteiger partial charge is 0.0506 e. The third-order valence-corrected chi connectivity index (χ3v) is 5.64. The quantitative estimate of drug-likeness (QED) is 0.679. The molecule has 0 atom stereocenters. The van der Waals surface area contributed by atoms with E-state index in [0.29, 0.717) is 0 Å². The molecule has 3 aliphatic heterocycles. The van der Waals surface area contributed by atoms with E-state index in [2.05, 4.69) is 19.6 Å². The molecule has 0 unspecified atom stereocenters. The van der Waals surface area contributed by atoms with E-state index in [0.717, 1.165) is 0 Å². The Bertz CT molecular complexity index is 269. The van der Waals surface area contributed by atoms with Crippen molar-refractivity contribution in [3.63, 3.8) is 0 Å². The molecule has 0 amide bonds. The Morgan fingerprint density at radius 3 is 1.23 bits per heavy atom. The summed E-state index contributed by atoms with van der Waals surface area (Å²) in [6.07, 6.45) is 9.79. The van der Waals surface area contributed by atoms with Crippen LogP contribution in [-0.4, -0.2) is 91.7 Å². The predicted octanol–water partition coefficient (Wildman–Crippen LogP) is 1.92. The van der Waals surface area contributed by atoms with Gasteiger partial charge in [0.1, 0.15) is 0 Å². The van der Waals surface area contributed by atoms with E-state index < -0.39 is 0 Å². The minimum absolute atomic E-state index is 1.22. The SMILES string of the molecule is C1CCN(CCCN2CCCN(CCCN3CCCC3)C2)C1. The Hall–Kier alpha value is -0.160. The third-order valence-electron chi connectivity index (χ3n) is 5.64. The van der Waals surface area contributed by atoms with Gasteiger partial charge in [-0.2, -0.15) is 0 Å². The van der Waals surface area contributed by atoms with Crippen molar-refractivity contribution in [2.45, 2.75) is 44.9 Å². The van der Waals surface area contributed by atoms with Crippen LogP contribution in [0.4, 0.5) is 0 Å². The Labute approximate surface area is 137 Å². The maximum absolute atomic E-state index is 2.69. The third kappa shape index (κ3) is 5.48. The molecule has 0 saturated carbocycles. The summed E-state index contributed by atoms with van der Waals surface area (Å²) in [4.78, 5) is 10.7. The molecule has 4 heteroatoms. The van der Waals surface area contributed by atoms with Gasteiger partial charge in [-0.15, -0.1) is 0 Å². The minimum Gasteiger partial charge on any atom is -0.303 e. The van der Waals surface area contributed by atoms with Crippen LogP contribution in [0, 0.1) is 0 Å². The normalized spacial score (nSPS) is 26.2. The summed E-state index contributed by atoms with van der Waals surface area (Å²) in [5.74, 6) is 0. The van der Waals surface area contributed by atoms with E-state index >= 15 is 0 Å². The minimum atomic E-state index is 1.22. The van der Waals surface area contributed by atoms with Crippen LogP contribution in [0.15, 0.2) is 0 Å². The zero-order valence-corrected chi connectivity index (χ0v) is 14.5. The van der Waals surface area contributed by atoms with Crippen molar-refractivity contribution in [1.82, 2.24) is 19.6 Å². The largest absolute Gasteiger partial charge is 0.303 e. The lowest BCUT2D eigenvalue weighted by atomic mass is 10.2. The topological polar surface area (TPSA) is 13.0 Å². The molecule has 4 nitrogen and oxygen atoms in total. The maximum atomic E-state index is 2.69. The van der Waals surface area contributed by atoms with Crippen LogP contribution in [-0.2, 0) is 0 Å². The Kier molecular flexibility index (Phi) is 6.99. The zero-order chi connectivity index (χ0) is 15.0. The van der Waals surface area contributed by atoms with Gasteiger partial charge in [-0.05, 0) is 84.2 Å². The zero-order valence-electron chi connectivity index (χ0n) is 14.5. The Morgan fingerprint density at radius 2 is 0.773 bits per heavy atom. The van der Waals surface area contributed by atoms with Gasteiger partial charge < -0.3 is 9.80 Å². The molecule has 0 spiro atoms. The van der Waals surface area contributed by atoms with Crippen LogP contribution >= 0.6 is 0 Å². The second-order valence-electron chi connectivity index (χ2n) is 7.54. The summed E-state index contributed by atoms with van der Waals surface area (Å²) in [6.45, 7) is 14.5. The van der Waals surface area contributed by atoms with E-state index in [-0.39, 0.29) is 0 Å². The summed E-state index contributed by atoms with van der Waals surface area (Å²) in [5.41, 5.74) is 0. The molecule has 0 aromatic carbocycles. The van der Waals surface area contributed by atoms with Crippen LogP contribution < -0.4 is 0 Å². The average Bonchev–Trinajstić information content (AvgIpc) is 3.21. The lowest BCUT2D eigenvalue weighted by Crippen LogP contribution is -2.46. The van der Waals surface area contributed by atoms with Gasteiger partial charge in [0.25, 0.3) is 0 Å². The lowest BCUT2D eigenvalue weighted by molar-refractivity contribution is 0.0796. The van der Waals surface area contributed by atoms with Gasteiger partial charge in [0, 0.05) is 26.2 Å². The molecule has 0 radical (unpaired) electrons. The van der Waals surface area contributed by atoms with Gasteiger partial charge in [0.05, 0.1) is 6.67 Å². The highest BCUT2D eigenvalue weighted by molar-refractivity contribution is 4.72. The Balaban J connectivity index is 1.25. The molecule has 3 aliphatic rings. The van der Waals surface area contributed by atoms with Crippen LogP contribution in [0.1, 0.15) is 44.9 Å². The van der Waals surface area contributed by atoms with Crippen molar-refractivity contribution < 1.29 is 0 Å². The fourth-order valence-electron chi connectivity index (χ4n) is 4.36. The van der Waals surface area contributed by atoms with E-state index in [1.54, 1.807) is 0 Å². The summed E-state index contributed by atoms with van der Waals surface area (Å²) in [6, 6.07) is 0. The molecule has 3 rings (SSSR count). The number of hydrogen-bond acceptors (Lipinski definition) is 4. The molecule has 3 fully saturated rings. The molecule has 0 aromatic rings. The summed E-state index contributed by atoms with van der Waals surface area (Å²) in [5, 5.41) is 0. The van der Waals surface area contributed by atoms with Crippen LogP contribution in [0.3, 0.4) is 0 Å². The van der Waals surface area contributed by atoms with Crippen molar-refractivity contribution in [3.8, 4) is 0 Å². The van der Waals surface area contributed by atoms with Gasteiger partial charge in [-0.3, -0.25) is 9.80 Å². The lowest BCUT2D eigenvalue weighted by Gasteiger charge is -2.36. The van der Waals surface area contributed by atoms with E-state index in [9.17, 15) is 0 Å². The average molecular weight is 309 g/mol. The van der Waals surface area contributed by atoms with E-state index in [1.807, 2.05) is 0 Å². The van der Waals surface area contributed by atoms with E-state index in [1.165, 1.54) is 117 Å². The first kappa shape index (κ1) is 16.7. The number of likely N-dealkylation sites (tertiary alicyclic amines) is 2. The summed E-state index contributed by atoms with van der Waals surface area (Å²) >= 11 is 0. The van der Waals surface area contributed by atoms with Gasteiger partial charge in [-0.25, -0.2) is 0 Å². The standard InChI is InChI=1S/C18H36N4/c1-2-9-19(8-1)12-5-14-21-16-7-17-22(18-21)15-6-13-20-10-3-4-11-20/h1-18H2. The first-order chi connectivity index (χ1) is 10.9. The molecule has 0 N–H and O–H groups in total. The molecule has 0 aliphatic carbocycles. The van der Waals surface area contributed by atoms with Crippen molar-refractivity contribution in [2.75, 3.05) is 72.1 Å². The van der Waals surface area contributed by atoms with E-state index in [4.69, 9.17) is 0 Å². The summed E-state index contributed by atoms with van der Waals surface area (Å²) in [7, 11) is 0. The van der Waals surface area contributed by atoms with Crippen molar-refractivity contribution in [3.05, 3.63) is 0 Å². The fourth-order valence-corrected chi connectivity index (χ4v) is 4.36. The van der Waals surface area contributed by atoms with Crippen molar-refractivity contribution in [1.29, 1.82) is 0 Å². The van der Waals surface area contributed by atoms with Crippen molar-refractivity contribution in [2.24, 2.45) is 0 Å². The number of rotatable bonds is 8. The molecule has 0 aromatic heterocycles. The van der Waals surface area contributed by atoms with Gasteiger partial charge in [-0.1, -0.05) is 0 Å². The molecule has 0 bridgehead atoms. The Morgan fingerprint density at radius 1 is 0.409 bits per heavy atom. The first-order valence-electron chi connectivity index (χ1n) is 9.79. The molecule has 128 valence electrons. The van der Waals surface area contributed by atoms with Crippen LogP contribution in [0.5, 0.6) is 0 Å². The molecule has 3 heterocycles. The first-order valence-corrected chi connectivity index (χ1v) is 9.79. The second kappa shape index (κ2) is 9.21. The monoisotopic (exact) mass is 308 g/mol. The van der Waals surface area contributed by atoms with Crippen LogP contribution in [0.2, 0.25) is 0 Å². The highest BCUT2D eigenvalue weighted by Crippen LogP contribution is 2.11. The highest BCUT2D eigenvalue weighted by atomic mass is 15.3. The molecular weight excluding hydrogens is 272 g/mol. The molecule has 3 saturated heterocycles. The highest BCUT2D eigenvalue weighted by Gasteiger charge is 2.18. The van der Waals surface area contributed by atoms with Gasteiger partial charge in [0.15, 0.2) is 0 Å². The van der Waals surface area contributed by atoms with Gasteiger partial charge >= 0.3 is 0 Å². The molecule has 22 heavy (non-hydrogen) atoms. The second-order valence-corrected chi connectivity index (χ2v) is 7.54. The van der Waals surface area contributed by atoms with Crippen molar-refractivity contribution >= 4 is 0 Å². The van der Waals surface area contributed by atoms with Crippen LogP contribution in [0.25, 0.3) is 0 Å².